The summed E-state index contributed by atoms with van der Waals surface area (Å²) in [5.41, 5.74) is 4.94. The molecular formula is C8H12N4O2S. The summed E-state index contributed by atoms with van der Waals surface area (Å²) in [4.78, 5) is 22.3. The van der Waals surface area contributed by atoms with E-state index >= 15 is 0 Å². The first-order valence-electron chi connectivity index (χ1n) is 4.72. The quantitative estimate of drug-likeness (QED) is 0.702. The van der Waals surface area contributed by atoms with Gasteiger partial charge in [0.15, 0.2) is 5.16 Å². The van der Waals surface area contributed by atoms with Crippen molar-refractivity contribution in [3.05, 3.63) is 10.5 Å². The molecule has 82 valence electrons. The van der Waals surface area contributed by atoms with Gasteiger partial charge in [-0.15, -0.1) is 5.10 Å². The summed E-state index contributed by atoms with van der Waals surface area (Å²) in [5, 5.41) is 6.44. The third-order valence-corrected chi connectivity index (χ3v) is 3.35. The maximum Gasteiger partial charge on any atom is 0.344 e. The lowest BCUT2D eigenvalue weighted by molar-refractivity contribution is -0.117. The van der Waals surface area contributed by atoms with E-state index in [0.717, 1.165) is 12.8 Å². The predicted molar refractivity (Wildman–Crippen MR) is 55.6 cm³/mol. The van der Waals surface area contributed by atoms with Crippen molar-refractivity contribution >= 4 is 17.7 Å². The van der Waals surface area contributed by atoms with Crippen molar-refractivity contribution in [2.45, 2.75) is 36.2 Å². The highest BCUT2D eigenvalue weighted by Gasteiger charge is 2.29. The molecule has 0 radical (unpaired) electrons. The molecule has 1 aromatic rings. The predicted octanol–water partition coefficient (Wildman–Crippen LogP) is -0.128. The molecule has 6 nitrogen and oxygen atoms in total. The van der Waals surface area contributed by atoms with Crippen molar-refractivity contribution < 1.29 is 4.79 Å². The number of nitrogens with two attached hydrogens (primary N) is 1. The standard InChI is InChI=1S/C8H12N4O2S/c1-4(6(9)13)15-8-11-10-7(14)12(8)5-2-3-5/h4-5H,2-3H2,1H3,(H2,9,13)(H,10,14). The van der Waals surface area contributed by atoms with Crippen LogP contribution in [0.25, 0.3) is 0 Å². The highest BCUT2D eigenvalue weighted by Crippen LogP contribution is 2.36. The number of primary amides is 1. The molecule has 1 atom stereocenters. The first kappa shape index (κ1) is 10.3. The first-order valence-corrected chi connectivity index (χ1v) is 5.60. The number of thioether (sulfide) groups is 1. The van der Waals surface area contributed by atoms with Crippen LogP contribution in [0.5, 0.6) is 0 Å². The normalized spacial score (nSPS) is 17.7. The molecule has 7 heteroatoms. The molecule has 0 bridgehead atoms. The maximum absolute atomic E-state index is 11.4. The van der Waals surface area contributed by atoms with Crippen molar-refractivity contribution in [2.24, 2.45) is 5.73 Å². The molecule has 15 heavy (non-hydrogen) atoms. The van der Waals surface area contributed by atoms with Gasteiger partial charge in [0, 0.05) is 6.04 Å². The minimum absolute atomic E-state index is 0.211. The molecule has 1 saturated carbocycles. The highest BCUT2D eigenvalue weighted by molar-refractivity contribution is 8.00. The van der Waals surface area contributed by atoms with Crippen LogP contribution in [0.2, 0.25) is 0 Å². The molecule has 1 aromatic heterocycles. The minimum atomic E-state index is -0.405. The number of nitrogens with zero attached hydrogens (tertiary/aromatic N) is 2. The van der Waals surface area contributed by atoms with Crippen molar-refractivity contribution in [3.8, 4) is 0 Å². The number of nitrogens with one attached hydrogen (secondary N) is 1. The third kappa shape index (κ3) is 2.06. The molecule has 1 aliphatic rings. The zero-order valence-electron chi connectivity index (χ0n) is 8.27. The molecule has 3 N–H and O–H groups in total. The summed E-state index contributed by atoms with van der Waals surface area (Å²) >= 11 is 1.21. The Morgan fingerprint density at radius 3 is 2.93 bits per heavy atom. The maximum atomic E-state index is 11.4. The van der Waals surface area contributed by atoms with Crippen molar-refractivity contribution in [1.82, 2.24) is 14.8 Å². The number of aromatic amines is 1. The van der Waals surface area contributed by atoms with E-state index in [1.165, 1.54) is 11.8 Å². The second-order valence-corrected chi connectivity index (χ2v) is 4.88. The Morgan fingerprint density at radius 1 is 1.73 bits per heavy atom. The van der Waals surface area contributed by atoms with Crippen LogP contribution in [0.3, 0.4) is 0 Å². The van der Waals surface area contributed by atoms with E-state index in [1.807, 2.05) is 0 Å². The van der Waals surface area contributed by atoms with Gasteiger partial charge >= 0.3 is 5.69 Å². The van der Waals surface area contributed by atoms with Gasteiger partial charge in [0.1, 0.15) is 0 Å². The van der Waals surface area contributed by atoms with Gasteiger partial charge in [0.05, 0.1) is 5.25 Å². The molecule has 0 saturated heterocycles. The molecule has 0 aromatic carbocycles. The van der Waals surface area contributed by atoms with Crippen LogP contribution >= 0.6 is 11.8 Å². The summed E-state index contributed by atoms with van der Waals surface area (Å²) < 4.78 is 1.60. The van der Waals surface area contributed by atoms with Gasteiger partial charge in [-0.2, -0.15) is 0 Å². The minimum Gasteiger partial charge on any atom is -0.369 e. The lowest BCUT2D eigenvalue weighted by Gasteiger charge is -2.06. The van der Waals surface area contributed by atoms with Crippen LogP contribution in [0.1, 0.15) is 25.8 Å². The number of aromatic nitrogens is 3. The molecule has 1 amide bonds. The molecule has 1 fully saturated rings. The first-order chi connectivity index (χ1) is 7.09. The van der Waals surface area contributed by atoms with E-state index in [9.17, 15) is 9.59 Å². The van der Waals surface area contributed by atoms with Crippen LogP contribution < -0.4 is 11.4 Å². The van der Waals surface area contributed by atoms with E-state index < -0.39 is 5.91 Å². The van der Waals surface area contributed by atoms with Crippen molar-refractivity contribution in [1.29, 1.82) is 0 Å². The molecule has 1 heterocycles. The van der Waals surface area contributed by atoms with E-state index in [0.29, 0.717) is 5.16 Å². The topological polar surface area (TPSA) is 93.8 Å². The van der Waals surface area contributed by atoms with Gasteiger partial charge in [-0.25, -0.2) is 9.89 Å². The average molecular weight is 228 g/mol. The van der Waals surface area contributed by atoms with E-state index in [2.05, 4.69) is 10.2 Å². The second-order valence-electron chi connectivity index (χ2n) is 3.57. The lowest BCUT2D eigenvalue weighted by Crippen LogP contribution is -2.23. The number of hydrogen-bond acceptors (Lipinski definition) is 4. The van der Waals surface area contributed by atoms with Gasteiger partial charge < -0.3 is 5.73 Å². The smallest absolute Gasteiger partial charge is 0.344 e. The third-order valence-electron chi connectivity index (χ3n) is 2.27. The van der Waals surface area contributed by atoms with E-state index in [-0.39, 0.29) is 17.0 Å². The molecular weight excluding hydrogens is 216 g/mol. The summed E-state index contributed by atoms with van der Waals surface area (Å²) in [7, 11) is 0. The number of rotatable bonds is 4. The molecule has 1 aliphatic carbocycles. The van der Waals surface area contributed by atoms with E-state index in [4.69, 9.17) is 5.73 Å². The monoisotopic (exact) mass is 228 g/mol. The largest absolute Gasteiger partial charge is 0.369 e. The summed E-state index contributed by atoms with van der Waals surface area (Å²) in [5.74, 6) is -0.405. The number of H-pyrrole nitrogens is 1. The Bertz CT molecular complexity index is 434. The van der Waals surface area contributed by atoms with Crippen LogP contribution in [0, 0.1) is 0 Å². The molecule has 1 unspecified atom stereocenters. The fourth-order valence-electron chi connectivity index (χ4n) is 1.24. The Balaban J connectivity index is 2.21. The average Bonchev–Trinajstić information content (AvgIpc) is 2.93. The Morgan fingerprint density at radius 2 is 2.40 bits per heavy atom. The summed E-state index contributed by atoms with van der Waals surface area (Å²) in [6.07, 6.45) is 2.00. The highest BCUT2D eigenvalue weighted by atomic mass is 32.2. The van der Waals surface area contributed by atoms with Crippen LogP contribution in [-0.2, 0) is 4.79 Å². The van der Waals surface area contributed by atoms with Gasteiger partial charge in [-0.1, -0.05) is 11.8 Å². The van der Waals surface area contributed by atoms with Gasteiger partial charge in [-0.05, 0) is 19.8 Å². The van der Waals surface area contributed by atoms with Crippen molar-refractivity contribution in [2.75, 3.05) is 0 Å². The zero-order chi connectivity index (χ0) is 11.0. The number of hydrogen-bond donors (Lipinski definition) is 2. The second kappa shape index (κ2) is 3.73. The van der Waals surface area contributed by atoms with Crippen LogP contribution in [0.15, 0.2) is 9.95 Å². The SMILES string of the molecule is CC(Sc1n[nH]c(=O)n1C1CC1)C(N)=O. The summed E-state index contributed by atoms with van der Waals surface area (Å²) in [6.45, 7) is 1.70. The Labute approximate surface area is 90.2 Å². The fourth-order valence-corrected chi connectivity index (χ4v) is 2.12. The Hall–Kier alpha value is -1.24. The lowest BCUT2D eigenvalue weighted by atomic mass is 10.5. The van der Waals surface area contributed by atoms with Gasteiger partial charge in [-0.3, -0.25) is 9.36 Å². The van der Waals surface area contributed by atoms with Gasteiger partial charge in [0.2, 0.25) is 5.91 Å². The Kier molecular flexibility index (Phi) is 2.56. The molecule has 0 aliphatic heterocycles. The van der Waals surface area contributed by atoms with Crippen molar-refractivity contribution in [3.63, 3.8) is 0 Å². The number of carbonyl (C=O) groups excluding carboxylic acids is 1. The molecule has 0 spiro atoms. The fraction of sp³-hybridized carbons (Fsp3) is 0.625. The zero-order valence-corrected chi connectivity index (χ0v) is 9.08. The van der Waals surface area contributed by atoms with Crippen LogP contribution in [0.4, 0.5) is 0 Å². The van der Waals surface area contributed by atoms with E-state index in [1.54, 1.807) is 11.5 Å². The number of carbonyl (C=O) groups is 1. The molecule has 2 rings (SSSR count). The number of amides is 1. The summed E-state index contributed by atoms with van der Waals surface area (Å²) in [6, 6.07) is 0.249. The van der Waals surface area contributed by atoms with Crippen LogP contribution in [-0.4, -0.2) is 25.9 Å². The van der Waals surface area contributed by atoms with Gasteiger partial charge in [0.25, 0.3) is 0 Å².